The predicted octanol–water partition coefficient (Wildman–Crippen LogP) is 1.46. The number of esters is 1. The number of hydrogen-bond donors (Lipinski definition) is 1. The topological polar surface area (TPSA) is 58.6 Å². The minimum Gasteiger partial charge on any atom is -0.465 e. The molecular weight excluding hydrogens is 256 g/mol. The first-order valence-corrected chi connectivity index (χ1v) is 7.88. The van der Waals surface area contributed by atoms with Gasteiger partial charge in [-0.25, -0.2) is 0 Å². The average molecular weight is 282 g/mol. The number of ether oxygens (including phenoxy) is 1. The van der Waals surface area contributed by atoms with Gasteiger partial charge in [0, 0.05) is 12.1 Å². The summed E-state index contributed by atoms with van der Waals surface area (Å²) < 4.78 is 4.97. The van der Waals surface area contributed by atoms with Gasteiger partial charge in [-0.15, -0.1) is 0 Å². The molecule has 0 heterocycles. The average Bonchev–Trinajstić information content (AvgIpc) is 3.23. The smallest absolute Gasteiger partial charge is 0.320 e. The van der Waals surface area contributed by atoms with Crippen molar-refractivity contribution >= 4 is 11.9 Å². The van der Waals surface area contributed by atoms with Gasteiger partial charge in [0.2, 0.25) is 5.91 Å². The third kappa shape index (κ3) is 5.12. The summed E-state index contributed by atoms with van der Waals surface area (Å²) in [6.45, 7) is 2.75. The van der Waals surface area contributed by atoms with Crippen molar-refractivity contribution in [1.29, 1.82) is 0 Å². The number of carbonyl (C=O) groups excluding carboxylic acids is 2. The Morgan fingerprint density at radius 3 is 2.40 bits per heavy atom. The Hall–Kier alpha value is -1.10. The molecule has 1 amide bonds. The quantitative estimate of drug-likeness (QED) is 0.718. The number of nitrogens with one attached hydrogen (secondary N) is 1. The number of amides is 1. The molecule has 2 aliphatic carbocycles. The van der Waals surface area contributed by atoms with Gasteiger partial charge in [0.05, 0.1) is 19.7 Å². The molecule has 0 saturated heterocycles. The lowest BCUT2D eigenvalue weighted by molar-refractivity contribution is -0.144. The molecule has 0 radical (unpaired) electrons. The summed E-state index contributed by atoms with van der Waals surface area (Å²) in [5, 5.41) is 3.10. The normalized spacial score (nSPS) is 19.9. The van der Waals surface area contributed by atoms with Gasteiger partial charge >= 0.3 is 5.97 Å². The molecule has 2 aliphatic rings. The van der Waals surface area contributed by atoms with Crippen LogP contribution in [0.25, 0.3) is 0 Å². The van der Waals surface area contributed by atoms with Crippen LogP contribution >= 0.6 is 0 Å². The maximum absolute atomic E-state index is 12.1. The maximum atomic E-state index is 12.1. The molecule has 0 spiro atoms. The van der Waals surface area contributed by atoms with E-state index in [4.69, 9.17) is 4.74 Å². The van der Waals surface area contributed by atoms with E-state index in [0.717, 1.165) is 25.7 Å². The molecule has 5 nitrogen and oxygen atoms in total. The second-order valence-corrected chi connectivity index (χ2v) is 5.84. The van der Waals surface area contributed by atoms with Crippen molar-refractivity contribution in [3.8, 4) is 0 Å². The fourth-order valence-corrected chi connectivity index (χ4v) is 2.83. The van der Waals surface area contributed by atoms with E-state index in [1.54, 1.807) is 6.92 Å². The van der Waals surface area contributed by atoms with Crippen LogP contribution in [0, 0.1) is 0 Å². The van der Waals surface area contributed by atoms with Crippen molar-refractivity contribution < 1.29 is 14.3 Å². The van der Waals surface area contributed by atoms with Crippen LogP contribution < -0.4 is 5.32 Å². The first kappa shape index (κ1) is 15.3. The summed E-state index contributed by atoms with van der Waals surface area (Å²) in [6, 6.07) is 0.719. The van der Waals surface area contributed by atoms with Crippen LogP contribution in [0.5, 0.6) is 0 Å². The minimum atomic E-state index is -0.232. The molecule has 2 saturated carbocycles. The zero-order valence-electron chi connectivity index (χ0n) is 12.4. The number of hydrogen-bond acceptors (Lipinski definition) is 4. The first-order chi connectivity index (χ1) is 9.69. The molecule has 1 N–H and O–H groups in total. The summed E-state index contributed by atoms with van der Waals surface area (Å²) in [4.78, 5) is 25.6. The van der Waals surface area contributed by atoms with Crippen LogP contribution in [0.15, 0.2) is 0 Å². The maximum Gasteiger partial charge on any atom is 0.320 e. The molecule has 2 fully saturated rings. The molecule has 114 valence electrons. The van der Waals surface area contributed by atoms with E-state index in [-0.39, 0.29) is 18.4 Å². The molecule has 0 aromatic rings. The van der Waals surface area contributed by atoms with E-state index in [2.05, 4.69) is 5.32 Å². The molecule has 0 atom stereocenters. The molecule has 20 heavy (non-hydrogen) atoms. The van der Waals surface area contributed by atoms with E-state index < -0.39 is 0 Å². The molecule has 0 aromatic carbocycles. The summed E-state index contributed by atoms with van der Waals surface area (Å²) in [5.74, 6) is -0.182. The molecule has 0 bridgehead atoms. The zero-order valence-corrected chi connectivity index (χ0v) is 12.4. The first-order valence-electron chi connectivity index (χ1n) is 7.88. The summed E-state index contributed by atoms with van der Waals surface area (Å²) in [6.07, 6.45) is 8.04. The second-order valence-electron chi connectivity index (χ2n) is 5.84. The Labute approximate surface area is 121 Å². The standard InChI is InChI=1S/C15H26N2O3/c1-2-20-15(19)11-17(13-8-9-13)10-14(18)16-12-6-4-3-5-7-12/h12-13H,2-11H2,1H3,(H,16,18). The number of nitrogens with zero attached hydrogens (tertiary/aromatic N) is 1. The van der Waals surface area contributed by atoms with E-state index in [0.29, 0.717) is 25.2 Å². The SMILES string of the molecule is CCOC(=O)CN(CC(=O)NC1CCCCC1)C1CC1. The zero-order chi connectivity index (χ0) is 14.4. The minimum absolute atomic E-state index is 0.0492. The summed E-state index contributed by atoms with van der Waals surface area (Å²) in [5.41, 5.74) is 0. The van der Waals surface area contributed by atoms with Crippen molar-refractivity contribution in [3.63, 3.8) is 0 Å². The van der Waals surface area contributed by atoms with Gasteiger partial charge in [-0.2, -0.15) is 0 Å². The Morgan fingerprint density at radius 2 is 1.80 bits per heavy atom. The third-order valence-electron chi connectivity index (χ3n) is 4.02. The van der Waals surface area contributed by atoms with Crippen LogP contribution in [0.2, 0.25) is 0 Å². The molecular formula is C15H26N2O3. The van der Waals surface area contributed by atoms with Gasteiger partial charge in [0.1, 0.15) is 0 Å². The van der Waals surface area contributed by atoms with Gasteiger partial charge in [-0.3, -0.25) is 14.5 Å². The lowest BCUT2D eigenvalue weighted by Gasteiger charge is -2.25. The molecule has 0 unspecified atom stereocenters. The van der Waals surface area contributed by atoms with E-state index in [1.807, 2.05) is 4.90 Å². The fourth-order valence-electron chi connectivity index (χ4n) is 2.83. The highest BCUT2D eigenvalue weighted by molar-refractivity contribution is 5.79. The van der Waals surface area contributed by atoms with Crippen molar-refractivity contribution in [2.24, 2.45) is 0 Å². The van der Waals surface area contributed by atoms with Crippen LogP contribution in [-0.4, -0.2) is 48.6 Å². The Morgan fingerprint density at radius 1 is 1.10 bits per heavy atom. The van der Waals surface area contributed by atoms with Crippen LogP contribution in [0.1, 0.15) is 51.9 Å². The summed E-state index contributed by atoms with van der Waals surface area (Å²) >= 11 is 0. The van der Waals surface area contributed by atoms with E-state index in [1.165, 1.54) is 19.3 Å². The van der Waals surface area contributed by atoms with Gasteiger partial charge in [0.15, 0.2) is 0 Å². The molecule has 0 aliphatic heterocycles. The lowest BCUT2D eigenvalue weighted by atomic mass is 9.95. The second kappa shape index (κ2) is 7.62. The Balaban J connectivity index is 1.75. The van der Waals surface area contributed by atoms with Crippen molar-refractivity contribution in [3.05, 3.63) is 0 Å². The van der Waals surface area contributed by atoms with E-state index >= 15 is 0 Å². The van der Waals surface area contributed by atoms with Crippen molar-refractivity contribution in [2.75, 3.05) is 19.7 Å². The van der Waals surface area contributed by atoms with Gasteiger partial charge in [-0.1, -0.05) is 19.3 Å². The van der Waals surface area contributed by atoms with Gasteiger partial charge in [-0.05, 0) is 32.6 Å². The molecule has 2 rings (SSSR count). The number of rotatable bonds is 7. The van der Waals surface area contributed by atoms with Crippen molar-refractivity contribution in [2.45, 2.75) is 64.0 Å². The number of carbonyl (C=O) groups is 2. The Bertz CT molecular complexity index is 336. The highest BCUT2D eigenvalue weighted by Gasteiger charge is 2.32. The third-order valence-corrected chi connectivity index (χ3v) is 4.02. The van der Waals surface area contributed by atoms with Crippen LogP contribution in [-0.2, 0) is 14.3 Å². The highest BCUT2D eigenvalue weighted by Crippen LogP contribution is 2.26. The van der Waals surface area contributed by atoms with E-state index in [9.17, 15) is 9.59 Å². The Kier molecular flexibility index (Phi) is 5.83. The molecule has 0 aromatic heterocycles. The monoisotopic (exact) mass is 282 g/mol. The largest absolute Gasteiger partial charge is 0.465 e. The molecule has 5 heteroatoms. The highest BCUT2D eigenvalue weighted by atomic mass is 16.5. The van der Waals surface area contributed by atoms with Crippen LogP contribution in [0.4, 0.5) is 0 Å². The fraction of sp³-hybridized carbons (Fsp3) is 0.867. The van der Waals surface area contributed by atoms with Crippen molar-refractivity contribution in [1.82, 2.24) is 10.2 Å². The van der Waals surface area contributed by atoms with Gasteiger partial charge < -0.3 is 10.1 Å². The van der Waals surface area contributed by atoms with Gasteiger partial charge in [0.25, 0.3) is 0 Å². The predicted molar refractivity (Wildman–Crippen MR) is 76.2 cm³/mol. The lowest BCUT2D eigenvalue weighted by Crippen LogP contribution is -2.45. The van der Waals surface area contributed by atoms with Crippen LogP contribution in [0.3, 0.4) is 0 Å². The summed E-state index contributed by atoms with van der Waals surface area (Å²) in [7, 11) is 0.